The van der Waals surface area contributed by atoms with E-state index in [4.69, 9.17) is 32.7 Å². The second-order valence-electron chi connectivity index (χ2n) is 7.50. The van der Waals surface area contributed by atoms with Crippen molar-refractivity contribution in [3.63, 3.8) is 0 Å². The molecule has 0 aliphatic carbocycles. The largest absolute Gasteiger partial charge is 0.496 e. The number of piperidine rings is 1. The van der Waals surface area contributed by atoms with Gasteiger partial charge in [0.2, 0.25) is 5.91 Å². The van der Waals surface area contributed by atoms with Crippen molar-refractivity contribution in [3.05, 3.63) is 27.7 Å². The molecule has 2 atom stereocenters. The minimum Gasteiger partial charge on any atom is -0.496 e. The molecule has 6 nitrogen and oxygen atoms in total. The van der Waals surface area contributed by atoms with Gasteiger partial charge in [0, 0.05) is 19.2 Å². The van der Waals surface area contributed by atoms with Gasteiger partial charge in [0.25, 0.3) is 0 Å². The number of ether oxygens (including phenoxy) is 2. The first-order valence-corrected chi connectivity index (χ1v) is 9.57. The van der Waals surface area contributed by atoms with Crippen LogP contribution in [-0.4, -0.2) is 49.2 Å². The maximum atomic E-state index is 12.6. The highest BCUT2D eigenvalue weighted by atomic mass is 35.5. The quantitative estimate of drug-likeness (QED) is 0.799. The molecule has 1 N–H and O–H groups in total. The fourth-order valence-corrected chi connectivity index (χ4v) is 3.76. The average Bonchev–Trinajstić information content (AvgIpc) is 2.61. The van der Waals surface area contributed by atoms with E-state index < -0.39 is 17.7 Å². The van der Waals surface area contributed by atoms with Crippen molar-refractivity contribution < 1.29 is 19.1 Å². The van der Waals surface area contributed by atoms with Crippen molar-refractivity contribution in [2.24, 2.45) is 0 Å². The number of nitrogens with zero attached hydrogens (tertiary/aromatic N) is 1. The summed E-state index contributed by atoms with van der Waals surface area (Å²) >= 11 is 12.6. The lowest BCUT2D eigenvalue weighted by molar-refractivity contribution is -0.127. The molecule has 1 aromatic rings. The van der Waals surface area contributed by atoms with Crippen LogP contribution in [0.5, 0.6) is 5.75 Å². The molecule has 2 unspecified atom stereocenters. The summed E-state index contributed by atoms with van der Waals surface area (Å²) in [5.74, 6) is 0.297. The smallest absolute Gasteiger partial charge is 0.410 e. The van der Waals surface area contributed by atoms with Crippen molar-refractivity contribution in [2.75, 3.05) is 20.7 Å². The van der Waals surface area contributed by atoms with Crippen molar-refractivity contribution >= 4 is 35.2 Å². The Morgan fingerprint density at radius 1 is 1.26 bits per heavy atom. The fraction of sp³-hybridized carbons (Fsp3) is 0.579. The van der Waals surface area contributed by atoms with Crippen molar-refractivity contribution in [1.29, 1.82) is 0 Å². The van der Waals surface area contributed by atoms with E-state index >= 15 is 0 Å². The summed E-state index contributed by atoms with van der Waals surface area (Å²) in [7, 11) is 3.11. The molecule has 1 aliphatic rings. The van der Waals surface area contributed by atoms with Gasteiger partial charge in [0.05, 0.1) is 17.2 Å². The van der Waals surface area contributed by atoms with Crippen molar-refractivity contribution in [1.82, 2.24) is 10.2 Å². The molecule has 0 saturated carbocycles. The first-order valence-electron chi connectivity index (χ1n) is 8.82. The van der Waals surface area contributed by atoms with Crippen LogP contribution in [0.2, 0.25) is 10.0 Å². The van der Waals surface area contributed by atoms with E-state index in [1.165, 1.54) is 4.90 Å². The van der Waals surface area contributed by atoms with Crippen molar-refractivity contribution in [2.45, 2.75) is 51.2 Å². The lowest BCUT2D eigenvalue weighted by Gasteiger charge is -2.39. The predicted octanol–water partition coefficient (Wildman–Crippen LogP) is 4.23. The number of benzene rings is 1. The van der Waals surface area contributed by atoms with Crippen LogP contribution in [0.25, 0.3) is 0 Å². The minimum atomic E-state index is -0.664. The summed E-state index contributed by atoms with van der Waals surface area (Å²) in [5.41, 5.74) is 0.130. The van der Waals surface area contributed by atoms with Gasteiger partial charge in [0.1, 0.15) is 17.4 Å². The number of amides is 2. The van der Waals surface area contributed by atoms with Gasteiger partial charge in [-0.05, 0) is 51.7 Å². The SMILES string of the molecule is CNC(=O)C1CC(c2c(OC)ccc(Cl)c2Cl)CCN1C(=O)OC(C)(C)C. The normalized spacial score (nSPS) is 20.2. The molecular weight excluding hydrogens is 391 g/mol. The molecule has 150 valence electrons. The molecule has 1 aromatic carbocycles. The zero-order valence-corrected chi connectivity index (χ0v) is 17.8. The maximum Gasteiger partial charge on any atom is 0.410 e. The van der Waals surface area contributed by atoms with Crippen LogP contribution < -0.4 is 10.1 Å². The Labute approximate surface area is 170 Å². The van der Waals surface area contributed by atoms with Crippen LogP contribution in [0, 0.1) is 0 Å². The van der Waals surface area contributed by atoms with Crippen LogP contribution in [0.1, 0.15) is 45.1 Å². The number of methoxy groups -OCH3 is 1. The summed E-state index contributed by atoms with van der Waals surface area (Å²) in [5, 5.41) is 3.48. The summed E-state index contributed by atoms with van der Waals surface area (Å²) < 4.78 is 10.9. The predicted molar refractivity (Wildman–Crippen MR) is 106 cm³/mol. The molecular formula is C19H26Cl2N2O4. The highest BCUT2D eigenvalue weighted by Gasteiger charge is 2.39. The zero-order valence-electron chi connectivity index (χ0n) is 16.3. The molecule has 2 rings (SSSR count). The number of hydrogen-bond donors (Lipinski definition) is 1. The van der Waals surface area contributed by atoms with Crippen LogP contribution >= 0.6 is 23.2 Å². The Kier molecular flexibility index (Phi) is 6.87. The Balaban J connectivity index is 2.33. The highest BCUT2D eigenvalue weighted by molar-refractivity contribution is 6.42. The van der Waals surface area contributed by atoms with Gasteiger partial charge in [0.15, 0.2) is 0 Å². The molecule has 0 bridgehead atoms. The Morgan fingerprint density at radius 3 is 2.48 bits per heavy atom. The third-order valence-corrected chi connectivity index (χ3v) is 5.32. The second-order valence-corrected chi connectivity index (χ2v) is 8.29. The summed E-state index contributed by atoms with van der Waals surface area (Å²) in [6, 6.07) is 2.78. The number of hydrogen-bond acceptors (Lipinski definition) is 4. The molecule has 1 heterocycles. The van der Waals surface area contributed by atoms with Crippen LogP contribution in [0.3, 0.4) is 0 Å². The number of carbonyl (C=O) groups excluding carboxylic acids is 2. The van der Waals surface area contributed by atoms with E-state index in [9.17, 15) is 9.59 Å². The second kappa shape index (κ2) is 8.57. The Hall–Kier alpha value is -1.66. The molecule has 1 fully saturated rings. The third-order valence-electron chi connectivity index (χ3n) is 4.50. The number of likely N-dealkylation sites (N-methyl/N-ethyl adjacent to an activating group) is 1. The van der Waals surface area contributed by atoms with Gasteiger partial charge in [-0.3, -0.25) is 9.69 Å². The highest BCUT2D eigenvalue weighted by Crippen LogP contribution is 2.43. The van der Waals surface area contributed by atoms with Crippen LogP contribution in [-0.2, 0) is 9.53 Å². The minimum absolute atomic E-state index is 0.0767. The van der Waals surface area contributed by atoms with Gasteiger partial charge in [-0.25, -0.2) is 4.79 Å². The number of halogens is 2. The zero-order chi connectivity index (χ0) is 20.4. The monoisotopic (exact) mass is 416 g/mol. The molecule has 0 radical (unpaired) electrons. The molecule has 27 heavy (non-hydrogen) atoms. The van der Waals surface area contributed by atoms with Gasteiger partial charge < -0.3 is 14.8 Å². The summed E-state index contributed by atoms with van der Waals surface area (Å²) in [6.45, 7) is 5.75. The number of rotatable bonds is 3. The molecule has 0 aromatic heterocycles. The van der Waals surface area contributed by atoms with Crippen LogP contribution in [0.15, 0.2) is 12.1 Å². The van der Waals surface area contributed by atoms with E-state index in [2.05, 4.69) is 5.32 Å². The van der Waals surface area contributed by atoms with E-state index in [0.29, 0.717) is 35.2 Å². The van der Waals surface area contributed by atoms with E-state index in [-0.39, 0.29) is 11.8 Å². The molecule has 1 saturated heterocycles. The van der Waals surface area contributed by atoms with Crippen LogP contribution in [0.4, 0.5) is 4.79 Å². The third kappa shape index (κ3) is 4.99. The lowest BCUT2D eigenvalue weighted by atomic mass is 9.84. The number of nitrogens with one attached hydrogen (secondary N) is 1. The number of likely N-dealkylation sites (tertiary alicyclic amines) is 1. The molecule has 2 amide bonds. The Morgan fingerprint density at radius 2 is 1.93 bits per heavy atom. The number of carbonyl (C=O) groups is 2. The first kappa shape index (κ1) is 21.6. The molecule has 1 aliphatic heterocycles. The standard InChI is InChI=1S/C19H26Cl2N2O4/c1-19(2,3)27-18(25)23-9-8-11(10-13(23)17(24)22-4)15-14(26-5)7-6-12(20)16(15)21/h6-7,11,13H,8-10H2,1-5H3,(H,22,24). The molecule has 0 spiro atoms. The summed E-state index contributed by atoms with van der Waals surface area (Å²) in [4.78, 5) is 26.5. The fourth-order valence-electron chi connectivity index (χ4n) is 3.29. The maximum absolute atomic E-state index is 12.6. The molecule has 8 heteroatoms. The first-order chi connectivity index (χ1) is 12.6. The van der Waals surface area contributed by atoms with E-state index in [1.807, 2.05) is 0 Å². The van der Waals surface area contributed by atoms with Gasteiger partial charge in [-0.15, -0.1) is 0 Å². The summed E-state index contributed by atoms with van der Waals surface area (Å²) in [6.07, 6.45) is 0.511. The van der Waals surface area contributed by atoms with Gasteiger partial charge in [-0.1, -0.05) is 23.2 Å². The van der Waals surface area contributed by atoms with E-state index in [1.54, 1.807) is 47.1 Å². The lowest BCUT2D eigenvalue weighted by Crippen LogP contribution is -2.53. The topological polar surface area (TPSA) is 67.9 Å². The van der Waals surface area contributed by atoms with Gasteiger partial charge in [-0.2, -0.15) is 0 Å². The average molecular weight is 417 g/mol. The van der Waals surface area contributed by atoms with Gasteiger partial charge >= 0.3 is 6.09 Å². The Bertz CT molecular complexity index is 718. The van der Waals surface area contributed by atoms with Crippen molar-refractivity contribution in [3.8, 4) is 5.75 Å². The van der Waals surface area contributed by atoms with E-state index in [0.717, 1.165) is 5.56 Å².